The van der Waals surface area contributed by atoms with Gasteiger partial charge in [0.15, 0.2) is 0 Å². The smallest absolute Gasteiger partial charge is 0.0623 e. The highest BCUT2D eigenvalue weighted by Crippen LogP contribution is 1.81. The minimum absolute atomic E-state index is 2.00. The Morgan fingerprint density at radius 1 is 0.118 bits per heavy atom. The summed E-state index contributed by atoms with van der Waals surface area (Å²) in [5.41, 5.74) is 0. The second kappa shape index (κ2) is 57.2. The predicted octanol–water partition coefficient (Wildman–Crippen LogP) is 11.9. The van der Waals surface area contributed by atoms with Crippen LogP contribution in [0.5, 0.6) is 0 Å². The Bertz CT molecular complexity index is 414. The first-order valence-electron chi connectivity index (χ1n) is 13.0. The molecule has 4 rings (SSSR count). The lowest BCUT2D eigenvalue weighted by molar-refractivity contribution is 1.50. The second-order valence-electron chi connectivity index (χ2n) is 4.62. The van der Waals surface area contributed by atoms with Gasteiger partial charge in [0, 0.05) is 0 Å². The number of hydrogen-bond acceptors (Lipinski definition) is 0. The van der Waals surface area contributed by atoms with Gasteiger partial charge in [-0.3, -0.25) is 0 Å². The topological polar surface area (TPSA) is 0 Å². The second-order valence-corrected chi connectivity index (χ2v) is 4.62. The summed E-state index contributed by atoms with van der Waals surface area (Å²) in [6.07, 6.45) is 0. The zero-order chi connectivity index (χ0) is 27.0. The molecule has 0 unspecified atom stereocenters. The van der Waals surface area contributed by atoms with Crippen molar-refractivity contribution in [3.63, 3.8) is 0 Å². The summed E-state index contributed by atoms with van der Waals surface area (Å²) in [7, 11) is 0. The SMILES string of the molecule is CC.CC.CC.CC.CC.c1ccccc1.c1ccccc1.c1ccccc1.c1ccccc1. The molecule has 0 nitrogen and oxygen atoms in total. The molecule has 0 amide bonds. The molecular formula is C34H54. The van der Waals surface area contributed by atoms with E-state index in [4.69, 9.17) is 0 Å². The molecule has 4 aromatic carbocycles. The van der Waals surface area contributed by atoms with Crippen LogP contribution in [-0.2, 0) is 0 Å². The molecule has 0 heterocycles. The van der Waals surface area contributed by atoms with Crippen LogP contribution in [0.15, 0.2) is 146 Å². The van der Waals surface area contributed by atoms with Crippen LogP contribution in [0.2, 0.25) is 0 Å². The first-order valence-corrected chi connectivity index (χ1v) is 13.0. The summed E-state index contributed by atoms with van der Waals surface area (Å²) in [6, 6.07) is 48.0. The van der Waals surface area contributed by atoms with Gasteiger partial charge in [-0.1, -0.05) is 215 Å². The molecule has 0 atom stereocenters. The van der Waals surface area contributed by atoms with E-state index in [0.29, 0.717) is 0 Å². The lowest BCUT2D eigenvalue weighted by Gasteiger charge is -1.69. The van der Waals surface area contributed by atoms with Crippen molar-refractivity contribution in [2.24, 2.45) is 0 Å². The van der Waals surface area contributed by atoms with Gasteiger partial charge < -0.3 is 0 Å². The highest BCUT2D eigenvalue weighted by Gasteiger charge is 1.59. The standard InChI is InChI=1S/4C6H6.5C2H6/c4*1-2-4-6-5-3-1;5*1-2/h4*1-6H;5*1-2H3. The van der Waals surface area contributed by atoms with Crippen molar-refractivity contribution in [3.05, 3.63) is 146 Å². The molecule has 0 saturated carbocycles. The quantitative estimate of drug-likeness (QED) is 0.244. The summed E-state index contributed by atoms with van der Waals surface area (Å²) in [6.45, 7) is 20.0. The average molecular weight is 463 g/mol. The van der Waals surface area contributed by atoms with Gasteiger partial charge in [-0.05, 0) is 0 Å². The molecule has 190 valence electrons. The highest BCUT2D eigenvalue weighted by molar-refractivity contribution is 5.00. The average Bonchev–Trinajstić information content (AvgIpc) is 3.03. The van der Waals surface area contributed by atoms with E-state index < -0.39 is 0 Å². The fourth-order valence-electron chi connectivity index (χ4n) is 1.54. The Balaban J connectivity index is -0.0000000980. The van der Waals surface area contributed by atoms with Gasteiger partial charge in [-0.25, -0.2) is 0 Å². The van der Waals surface area contributed by atoms with Crippen LogP contribution in [0.25, 0.3) is 0 Å². The number of hydrogen-bond donors (Lipinski definition) is 0. The van der Waals surface area contributed by atoms with Crippen LogP contribution >= 0.6 is 0 Å². The van der Waals surface area contributed by atoms with Crippen LogP contribution < -0.4 is 0 Å². The van der Waals surface area contributed by atoms with Gasteiger partial charge in [0.2, 0.25) is 0 Å². The minimum Gasteiger partial charge on any atom is -0.0683 e. The maximum Gasteiger partial charge on any atom is -0.0623 e. The van der Waals surface area contributed by atoms with Crippen molar-refractivity contribution < 1.29 is 0 Å². The van der Waals surface area contributed by atoms with Crippen molar-refractivity contribution in [2.75, 3.05) is 0 Å². The van der Waals surface area contributed by atoms with E-state index in [1.165, 1.54) is 0 Å². The Labute approximate surface area is 214 Å². The Morgan fingerprint density at radius 3 is 0.176 bits per heavy atom. The fourth-order valence-corrected chi connectivity index (χ4v) is 1.54. The third kappa shape index (κ3) is 51.5. The van der Waals surface area contributed by atoms with Gasteiger partial charge in [-0.15, -0.1) is 0 Å². The van der Waals surface area contributed by atoms with Crippen LogP contribution in [0.4, 0.5) is 0 Å². The fraction of sp³-hybridized carbons (Fsp3) is 0.294. The van der Waals surface area contributed by atoms with Crippen molar-refractivity contribution in [1.29, 1.82) is 0 Å². The molecule has 0 bridgehead atoms. The van der Waals surface area contributed by atoms with Crippen LogP contribution in [0.3, 0.4) is 0 Å². The van der Waals surface area contributed by atoms with Crippen molar-refractivity contribution in [1.82, 2.24) is 0 Å². The molecule has 0 aliphatic rings. The lowest BCUT2D eigenvalue weighted by Crippen LogP contribution is -1.47. The minimum atomic E-state index is 2.00. The third-order valence-corrected chi connectivity index (χ3v) is 2.67. The molecule has 0 saturated heterocycles. The molecule has 0 fully saturated rings. The summed E-state index contributed by atoms with van der Waals surface area (Å²) in [5.74, 6) is 0. The maximum absolute atomic E-state index is 2.00. The van der Waals surface area contributed by atoms with E-state index in [0.717, 1.165) is 0 Å². The van der Waals surface area contributed by atoms with E-state index in [1.807, 2.05) is 215 Å². The highest BCUT2D eigenvalue weighted by atomic mass is 13.7. The monoisotopic (exact) mass is 462 g/mol. The van der Waals surface area contributed by atoms with E-state index in [9.17, 15) is 0 Å². The summed E-state index contributed by atoms with van der Waals surface area (Å²) in [4.78, 5) is 0. The molecule has 0 radical (unpaired) electrons. The van der Waals surface area contributed by atoms with Crippen LogP contribution in [0.1, 0.15) is 69.2 Å². The van der Waals surface area contributed by atoms with Crippen LogP contribution in [-0.4, -0.2) is 0 Å². The van der Waals surface area contributed by atoms with Gasteiger partial charge in [0.25, 0.3) is 0 Å². The van der Waals surface area contributed by atoms with E-state index in [1.54, 1.807) is 0 Å². The van der Waals surface area contributed by atoms with Crippen molar-refractivity contribution in [3.8, 4) is 0 Å². The molecule has 4 aromatic rings. The first-order chi connectivity index (χ1) is 17.0. The molecule has 34 heavy (non-hydrogen) atoms. The molecule has 0 aliphatic carbocycles. The molecule has 0 aromatic heterocycles. The van der Waals surface area contributed by atoms with Crippen LogP contribution in [0, 0.1) is 0 Å². The normalized spacial score (nSPS) is 6.53. The van der Waals surface area contributed by atoms with Gasteiger partial charge in [0.1, 0.15) is 0 Å². The first kappa shape index (κ1) is 41.2. The predicted molar refractivity (Wildman–Crippen MR) is 163 cm³/mol. The largest absolute Gasteiger partial charge is 0.0683 e. The van der Waals surface area contributed by atoms with E-state index in [-0.39, 0.29) is 0 Å². The Hall–Kier alpha value is -3.12. The van der Waals surface area contributed by atoms with E-state index >= 15 is 0 Å². The van der Waals surface area contributed by atoms with Gasteiger partial charge >= 0.3 is 0 Å². The molecular weight excluding hydrogens is 408 g/mol. The zero-order valence-corrected chi connectivity index (χ0v) is 23.9. The van der Waals surface area contributed by atoms with Gasteiger partial charge in [-0.2, -0.15) is 0 Å². The Kier molecular flexibility index (Phi) is 69.2. The summed E-state index contributed by atoms with van der Waals surface area (Å²) >= 11 is 0. The molecule has 0 spiro atoms. The maximum atomic E-state index is 2.00. The number of benzene rings is 4. The van der Waals surface area contributed by atoms with Crippen molar-refractivity contribution in [2.45, 2.75) is 69.2 Å². The lowest BCUT2D eigenvalue weighted by atomic mass is 10.4. The van der Waals surface area contributed by atoms with Crippen molar-refractivity contribution >= 4 is 0 Å². The third-order valence-electron chi connectivity index (χ3n) is 2.67. The Morgan fingerprint density at radius 2 is 0.147 bits per heavy atom. The van der Waals surface area contributed by atoms with E-state index in [2.05, 4.69) is 0 Å². The zero-order valence-electron chi connectivity index (χ0n) is 23.9. The van der Waals surface area contributed by atoms with Gasteiger partial charge in [0.05, 0.1) is 0 Å². The number of rotatable bonds is 0. The molecule has 0 aliphatic heterocycles. The molecule has 0 heteroatoms. The summed E-state index contributed by atoms with van der Waals surface area (Å²) in [5, 5.41) is 0. The molecule has 0 N–H and O–H groups in total. The summed E-state index contributed by atoms with van der Waals surface area (Å²) < 4.78 is 0.